The molecule has 0 unspecified atom stereocenters. The van der Waals surface area contributed by atoms with Crippen molar-refractivity contribution in [2.75, 3.05) is 0 Å². The zero-order valence-corrected chi connectivity index (χ0v) is 7.94. The van der Waals surface area contributed by atoms with E-state index in [1.807, 2.05) is 36.4 Å². The molecule has 0 saturated heterocycles. The summed E-state index contributed by atoms with van der Waals surface area (Å²) in [6.07, 6.45) is 0.824. The first-order chi connectivity index (χ1) is 7.40. The van der Waals surface area contributed by atoms with Crippen LogP contribution in [0.5, 0.6) is 0 Å². The summed E-state index contributed by atoms with van der Waals surface area (Å²) in [4.78, 5) is 10.8. The second-order valence-corrected chi connectivity index (χ2v) is 3.44. The van der Waals surface area contributed by atoms with Gasteiger partial charge in [-0.05, 0) is 12.1 Å². The molecule has 0 radical (unpaired) electrons. The lowest BCUT2D eigenvalue weighted by atomic mass is 10.1. The van der Waals surface area contributed by atoms with Gasteiger partial charge in [0.1, 0.15) is 11.2 Å². The molecule has 2 nitrogen and oxygen atoms in total. The van der Waals surface area contributed by atoms with E-state index >= 15 is 0 Å². The van der Waals surface area contributed by atoms with Gasteiger partial charge in [-0.2, -0.15) is 0 Å². The standard InChI is InChI=1S/C13H8O2/c14-8-9-4-3-6-11-10-5-1-2-7-12(10)15-13(9)11/h1-8H. The minimum Gasteiger partial charge on any atom is -0.455 e. The third-order valence-corrected chi connectivity index (χ3v) is 2.56. The van der Waals surface area contributed by atoms with E-state index < -0.39 is 0 Å². The first-order valence-electron chi connectivity index (χ1n) is 4.75. The molecule has 0 aliphatic heterocycles. The number of aldehydes is 1. The summed E-state index contributed by atoms with van der Waals surface area (Å²) in [5, 5.41) is 2.05. The highest BCUT2D eigenvalue weighted by Crippen LogP contribution is 2.29. The van der Waals surface area contributed by atoms with Crippen molar-refractivity contribution in [3.8, 4) is 0 Å². The van der Waals surface area contributed by atoms with Crippen LogP contribution in [0, 0.1) is 0 Å². The average molecular weight is 196 g/mol. The fraction of sp³-hybridized carbons (Fsp3) is 0. The number of rotatable bonds is 1. The van der Waals surface area contributed by atoms with Crippen LogP contribution in [0.15, 0.2) is 46.9 Å². The third-order valence-electron chi connectivity index (χ3n) is 2.56. The van der Waals surface area contributed by atoms with Crippen molar-refractivity contribution in [3.63, 3.8) is 0 Å². The molecular weight excluding hydrogens is 188 g/mol. The number of hydrogen-bond donors (Lipinski definition) is 0. The molecule has 2 aromatic carbocycles. The van der Waals surface area contributed by atoms with E-state index in [9.17, 15) is 4.79 Å². The number of hydrogen-bond acceptors (Lipinski definition) is 2. The van der Waals surface area contributed by atoms with Crippen LogP contribution in [-0.2, 0) is 0 Å². The summed E-state index contributed by atoms with van der Waals surface area (Å²) in [5.74, 6) is 0. The van der Waals surface area contributed by atoms with E-state index in [4.69, 9.17) is 4.42 Å². The van der Waals surface area contributed by atoms with E-state index in [1.165, 1.54) is 0 Å². The largest absolute Gasteiger partial charge is 0.455 e. The zero-order valence-electron chi connectivity index (χ0n) is 7.94. The van der Waals surface area contributed by atoms with Crippen LogP contribution in [0.25, 0.3) is 21.9 Å². The summed E-state index contributed by atoms with van der Waals surface area (Å²) in [6.45, 7) is 0. The number of benzene rings is 2. The zero-order chi connectivity index (χ0) is 10.3. The Hall–Kier alpha value is -2.09. The molecule has 3 rings (SSSR count). The first kappa shape index (κ1) is 8.24. The molecule has 2 heteroatoms. The maximum Gasteiger partial charge on any atom is 0.153 e. The van der Waals surface area contributed by atoms with Gasteiger partial charge in [-0.3, -0.25) is 4.79 Å². The highest BCUT2D eigenvalue weighted by atomic mass is 16.3. The minimum absolute atomic E-state index is 0.601. The van der Waals surface area contributed by atoms with Crippen molar-refractivity contribution in [2.45, 2.75) is 0 Å². The maximum absolute atomic E-state index is 10.8. The number of furan rings is 1. The summed E-state index contributed by atoms with van der Waals surface area (Å²) in [6, 6.07) is 13.4. The van der Waals surface area contributed by atoms with Crippen LogP contribution >= 0.6 is 0 Å². The van der Waals surface area contributed by atoms with Crippen molar-refractivity contribution < 1.29 is 9.21 Å². The van der Waals surface area contributed by atoms with Crippen LogP contribution in [0.4, 0.5) is 0 Å². The van der Waals surface area contributed by atoms with Crippen LogP contribution in [0.2, 0.25) is 0 Å². The fourth-order valence-electron chi connectivity index (χ4n) is 1.86. The van der Waals surface area contributed by atoms with Crippen molar-refractivity contribution in [2.24, 2.45) is 0 Å². The van der Waals surface area contributed by atoms with Crippen LogP contribution in [0.1, 0.15) is 10.4 Å². The summed E-state index contributed by atoms with van der Waals surface area (Å²) in [7, 11) is 0. The molecule has 0 bridgehead atoms. The van der Waals surface area contributed by atoms with E-state index in [1.54, 1.807) is 6.07 Å². The van der Waals surface area contributed by atoms with E-state index in [-0.39, 0.29) is 0 Å². The van der Waals surface area contributed by atoms with Gasteiger partial charge in [0.05, 0.1) is 5.56 Å². The third kappa shape index (κ3) is 1.08. The summed E-state index contributed by atoms with van der Waals surface area (Å²) < 4.78 is 5.64. The Kier molecular flexibility index (Phi) is 1.62. The second kappa shape index (κ2) is 2.95. The molecule has 0 aliphatic rings. The topological polar surface area (TPSA) is 30.2 Å². The van der Waals surface area contributed by atoms with Gasteiger partial charge in [-0.25, -0.2) is 0 Å². The monoisotopic (exact) mass is 196 g/mol. The highest BCUT2D eigenvalue weighted by molar-refractivity contribution is 6.09. The molecule has 0 spiro atoms. The normalized spacial score (nSPS) is 10.9. The Morgan fingerprint density at radius 3 is 2.60 bits per heavy atom. The highest BCUT2D eigenvalue weighted by Gasteiger charge is 2.08. The smallest absolute Gasteiger partial charge is 0.153 e. The van der Waals surface area contributed by atoms with Crippen molar-refractivity contribution in [1.29, 1.82) is 0 Å². The van der Waals surface area contributed by atoms with Crippen molar-refractivity contribution in [1.82, 2.24) is 0 Å². The quantitative estimate of drug-likeness (QED) is 0.558. The van der Waals surface area contributed by atoms with E-state index in [2.05, 4.69) is 0 Å². The summed E-state index contributed by atoms with van der Waals surface area (Å²) >= 11 is 0. The number of fused-ring (bicyclic) bond motifs is 3. The predicted molar refractivity (Wildman–Crippen MR) is 59.1 cm³/mol. The second-order valence-electron chi connectivity index (χ2n) is 3.44. The van der Waals surface area contributed by atoms with Gasteiger partial charge < -0.3 is 4.42 Å². The molecule has 0 saturated carbocycles. The van der Waals surface area contributed by atoms with Gasteiger partial charge in [-0.1, -0.05) is 30.3 Å². The molecular formula is C13H8O2. The van der Waals surface area contributed by atoms with Gasteiger partial charge in [-0.15, -0.1) is 0 Å². The molecule has 0 aliphatic carbocycles. The lowest BCUT2D eigenvalue weighted by Crippen LogP contribution is -1.78. The molecule has 0 fully saturated rings. The molecule has 0 atom stereocenters. The van der Waals surface area contributed by atoms with Gasteiger partial charge in [0.2, 0.25) is 0 Å². The van der Waals surface area contributed by atoms with Gasteiger partial charge in [0.15, 0.2) is 6.29 Å². The van der Waals surface area contributed by atoms with E-state index in [0.29, 0.717) is 11.1 Å². The molecule has 3 aromatic rings. The van der Waals surface area contributed by atoms with E-state index in [0.717, 1.165) is 22.6 Å². The average Bonchev–Trinajstić information content (AvgIpc) is 2.67. The minimum atomic E-state index is 0.601. The molecule has 0 N–H and O–H groups in total. The Morgan fingerprint density at radius 2 is 1.73 bits per heavy atom. The first-order valence-corrected chi connectivity index (χ1v) is 4.75. The Morgan fingerprint density at radius 1 is 0.933 bits per heavy atom. The lowest BCUT2D eigenvalue weighted by Gasteiger charge is -1.90. The molecule has 0 amide bonds. The summed E-state index contributed by atoms with van der Waals surface area (Å²) in [5.41, 5.74) is 2.10. The van der Waals surface area contributed by atoms with Crippen molar-refractivity contribution in [3.05, 3.63) is 48.0 Å². The molecule has 1 aromatic heterocycles. The predicted octanol–water partition coefficient (Wildman–Crippen LogP) is 3.40. The lowest BCUT2D eigenvalue weighted by molar-refractivity contribution is 0.112. The Labute approximate surface area is 86.1 Å². The molecule has 15 heavy (non-hydrogen) atoms. The molecule has 1 heterocycles. The van der Waals surface area contributed by atoms with Crippen LogP contribution < -0.4 is 0 Å². The number of para-hydroxylation sites is 2. The fourth-order valence-corrected chi connectivity index (χ4v) is 1.86. The Balaban J connectivity index is 2.59. The SMILES string of the molecule is O=Cc1cccc2c1oc1ccccc12. The molecule has 72 valence electrons. The van der Waals surface area contributed by atoms with Crippen molar-refractivity contribution >= 4 is 28.2 Å². The number of carbonyl (C=O) groups is 1. The maximum atomic E-state index is 10.8. The number of carbonyl (C=O) groups excluding carboxylic acids is 1. The van der Waals surface area contributed by atoms with Gasteiger partial charge in [0.25, 0.3) is 0 Å². The van der Waals surface area contributed by atoms with Gasteiger partial charge in [0, 0.05) is 10.8 Å². The van der Waals surface area contributed by atoms with Crippen LogP contribution in [-0.4, -0.2) is 6.29 Å². The van der Waals surface area contributed by atoms with Gasteiger partial charge >= 0.3 is 0 Å². The Bertz CT molecular complexity index is 650. The van der Waals surface area contributed by atoms with Crippen LogP contribution in [0.3, 0.4) is 0 Å².